The predicted octanol–water partition coefficient (Wildman–Crippen LogP) is 0.686. The Morgan fingerprint density at radius 3 is 2.47 bits per heavy atom. The van der Waals surface area contributed by atoms with Crippen molar-refractivity contribution in [2.24, 2.45) is 11.7 Å². The summed E-state index contributed by atoms with van der Waals surface area (Å²) in [6.45, 7) is 5.89. The quantitative estimate of drug-likeness (QED) is 0.737. The summed E-state index contributed by atoms with van der Waals surface area (Å²) in [4.78, 5) is 13.7. The third-order valence-electron chi connectivity index (χ3n) is 3.26. The molecule has 4 nitrogen and oxygen atoms in total. The van der Waals surface area contributed by atoms with E-state index in [2.05, 4.69) is 0 Å². The Morgan fingerprint density at radius 2 is 2.00 bits per heavy atom. The van der Waals surface area contributed by atoms with E-state index in [1.165, 1.54) is 11.8 Å². The number of thioether (sulfide) groups is 1. The number of aliphatic hydroxyl groups excluding tert-OH is 1. The summed E-state index contributed by atoms with van der Waals surface area (Å²) >= 11 is 1.49. The minimum atomic E-state index is -0.0589. The Bertz CT molecular complexity index is 243. The second-order valence-corrected chi connectivity index (χ2v) is 6.17. The molecule has 17 heavy (non-hydrogen) atoms. The lowest BCUT2D eigenvalue weighted by molar-refractivity contribution is -0.127. The van der Waals surface area contributed by atoms with Gasteiger partial charge in [-0.05, 0) is 18.8 Å². The zero-order chi connectivity index (χ0) is 12.8. The second-order valence-electron chi connectivity index (χ2n) is 4.94. The first-order chi connectivity index (χ1) is 8.06. The van der Waals surface area contributed by atoms with Crippen LogP contribution in [0, 0.1) is 5.92 Å². The number of carbonyl (C=O) groups excluding carboxylic acids is 1. The van der Waals surface area contributed by atoms with Crippen LogP contribution >= 0.6 is 11.8 Å². The van der Waals surface area contributed by atoms with Gasteiger partial charge in [0.2, 0.25) is 5.91 Å². The number of rotatable bonds is 6. The maximum Gasteiger partial charge on any atom is 0.232 e. The minimum absolute atomic E-state index is 0.0390. The molecule has 0 aliphatic carbocycles. The lowest BCUT2D eigenvalue weighted by Gasteiger charge is -2.25. The van der Waals surface area contributed by atoms with Gasteiger partial charge in [-0.15, -0.1) is 11.8 Å². The molecule has 2 atom stereocenters. The highest BCUT2D eigenvalue weighted by molar-refractivity contribution is 8.00. The molecular weight excluding hydrogens is 236 g/mol. The SMILES string of the molecule is CC(C)C(N)C(CO)SCC(=O)N1CCCC1. The van der Waals surface area contributed by atoms with Crippen molar-refractivity contribution in [3.63, 3.8) is 0 Å². The van der Waals surface area contributed by atoms with Gasteiger partial charge in [0.15, 0.2) is 0 Å². The number of hydrogen-bond acceptors (Lipinski definition) is 4. The van der Waals surface area contributed by atoms with Gasteiger partial charge in [-0.1, -0.05) is 13.8 Å². The summed E-state index contributed by atoms with van der Waals surface area (Å²) in [5.41, 5.74) is 6.01. The number of likely N-dealkylation sites (tertiary alicyclic amines) is 1. The largest absolute Gasteiger partial charge is 0.395 e. The zero-order valence-corrected chi connectivity index (χ0v) is 11.6. The zero-order valence-electron chi connectivity index (χ0n) is 10.8. The van der Waals surface area contributed by atoms with Crippen molar-refractivity contribution in [2.75, 3.05) is 25.4 Å². The van der Waals surface area contributed by atoms with Crippen LogP contribution in [0.3, 0.4) is 0 Å². The van der Waals surface area contributed by atoms with Crippen LogP contribution in [0.25, 0.3) is 0 Å². The molecule has 1 rings (SSSR count). The average molecular weight is 260 g/mol. The lowest BCUT2D eigenvalue weighted by atomic mass is 10.0. The van der Waals surface area contributed by atoms with E-state index < -0.39 is 0 Å². The smallest absolute Gasteiger partial charge is 0.232 e. The molecule has 1 heterocycles. The van der Waals surface area contributed by atoms with Crippen molar-refractivity contribution >= 4 is 17.7 Å². The fraction of sp³-hybridized carbons (Fsp3) is 0.917. The van der Waals surface area contributed by atoms with Crippen molar-refractivity contribution < 1.29 is 9.90 Å². The molecular formula is C12H24N2O2S. The first-order valence-electron chi connectivity index (χ1n) is 6.32. The van der Waals surface area contributed by atoms with Crippen LogP contribution in [-0.4, -0.2) is 52.7 Å². The van der Waals surface area contributed by atoms with Crippen molar-refractivity contribution in [2.45, 2.75) is 38.0 Å². The van der Waals surface area contributed by atoms with Gasteiger partial charge in [-0.25, -0.2) is 0 Å². The summed E-state index contributed by atoms with van der Waals surface area (Å²) in [5, 5.41) is 9.26. The highest BCUT2D eigenvalue weighted by Crippen LogP contribution is 2.19. The first kappa shape index (κ1) is 14.8. The molecule has 0 aromatic carbocycles. The van der Waals surface area contributed by atoms with Gasteiger partial charge in [0, 0.05) is 24.4 Å². The van der Waals surface area contributed by atoms with Crippen LogP contribution < -0.4 is 5.73 Å². The number of nitrogens with two attached hydrogens (primary N) is 1. The molecule has 0 aromatic heterocycles. The molecule has 1 fully saturated rings. The van der Waals surface area contributed by atoms with Gasteiger partial charge in [-0.2, -0.15) is 0 Å². The van der Waals surface area contributed by atoms with Crippen molar-refractivity contribution in [1.82, 2.24) is 4.90 Å². The van der Waals surface area contributed by atoms with Crippen molar-refractivity contribution in [3.8, 4) is 0 Å². The minimum Gasteiger partial charge on any atom is -0.395 e. The Morgan fingerprint density at radius 1 is 1.41 bits per heavy atom. The molecule has 0 spiro atoms. The molecule has 5 heteroatoms. The van der Waals surface area contributed by atoms with E-state index in [1.807, 2.05) is 18.7 Å². The fourth-order valence-electron chi connectivity index (χ4n) is 1.95. The third kappa shape index (κ3) is 4.48. The Kier molecular flexibility index (Phi) is 6.30. The Hall–Kier alpha value is -0.260. The number of hydrogen-bond donors (Lipinski definition) is 2. The van der Waals surface area contributed by atoms with Gasteiger partial charge in [0.05, 0.1) is 12.4 Å². The van der Waals surface area contributed by atoms with Gasteiger partial charge in [-0.3, -0.25) is 4.79 Å². The summed E-state index contributed by atoms with van der Waals surface area (Å²) in [6, 6.07) is -0.0589. The molecule has 1 amide bonds. The maximum atomic E-state index is 11.8. The predicted molar refractivity (Wildman–Crippen MR) is 72.0 cm³/mol. The highest BCUT2D eigenvalue weighted by Gasteiger charge is 2.24. The standard InChI is InChI=1S/C12H24N2O2S/c1-9(2)12(13)10(7-15)17-8-11(16)14-5-3-4-6-14/h9-10,12,15H,3-8,13H2,1-2H3. The number of aliphatic hydroxyl groups is 1. The molecule has 2 unspecified atom stereocenters. The first-order valence-corrected chi connectivity index (χ1v) is 7.37. The maximum absolute atomic E-state index is 11.8. The summed E-state index contributed by atoms with van der Waals surface area (Å²) in [6.07, 6.45) is 2.23. The van der Waals surface area contributed by atoms with Crippen LogP contribution in [-0.2, 0) is 4.79 Å². The van der Waals surface area contributed by atoms with Crippen LogP contribution in [0.4, 0.5) is 0 Å². The molecule has 0 radical (unpaired) electrons. The number of carbonyl (C=O) groups is 1. The van der Waals surface area contributed by atoms with Gasteiger partial charge >= 0.3 is 0 Å². The number of nitrogens with zero attached hydrogens (tertiary/aromatic N) is 1. The topological polar surface area (TPSA) is 66.6 Å². The van der Waals surface area contributed by atoms with Gasteiger partial charge < -0.3 is 15.7 Å². The molecule has 0 aromatic rings. The van der Waals surface area contributed by atoms with E-state index in [-0.39, 0.29) is 23.8 Å². The van der Waals surface area contributed by atoms with E-state index >= 15 is 0 Å². The molecule has 1 aliphatic heterocycles. The van der Waals surface area contributed by atoms with Crippen LogP contribution in [0.5, 0.6) is 0 Å². The monoisotopic (exact) mass is 260 g/mol. The molecule has 0 bridgehead atoms. The van der Waals surface area contributed by atoms with E-state index in [0.717, 1.165) is 25.9 Å². The second kappa shape index (κ2) is 7.24. The van der Waals surface area contributed by atoms with E-state index in [9.17, 15) is 9.90 Å². The summed E-state index contributed by atoms with van der Waals surface area (Å²) in [7, 11) is 0. The van der Waals surface area contributed by atoms with Gasteiger partial charge in [0.25, 0.3) is 0 Å². The van der Waals surface area contributed by atoms with Crippen LogP contribution in [0.15, 0.2) is 0 Å². The van der Waals surface area contributed by atoms with E-state index in [0.29, 0.717) is 11.7 Å². The van der Waals surface area contributed by atoms with Gasteiger partial charge in [0.1, 0.15) is 0 Å². The lowest BCUT2D eigenvalue weighted by Crippen LogP contribution is -2.40. The molecule has 1 aliphatic rings. The van der Waals surface area contributed by atoms with Crippen molar-refractivity contribution in [1.29, 1.82) is 0 Å². The van der Waals surface area contributed by atoms with Crippen LogP contribution in [0.2, 0.25) is 0 Å². The summed E-state index contributed by atoms with van der Waals surface area (Å²) in [5.74, 6) is 0.939. The van der Waals surface area contributed by atoms with E-state index in [4.69, 9.17) is 5.73 Å². The van der Waals surface area contributed by atoms with Crippen molar-refractivity contribution in [3.05, 3.63) is 0 Å². The normalized spacial score (nSPS) is 19.7. The molecule has 100 valence electrons. The summed E-state index contributed by atoms with van der Waals surface area (Å²) < 4.78 is 0. The third-order valence-corrected chi connectivity index (χ3v) is 4.56. The molecule has 3 N–H and O–H groups in total. The van der Waals surface area contributed by atoms with E-state index in [1.54, 1.807) is 0 Å². The molecule has 1 saturated heterocycles. The van der Waals surface area contributed by atoms with Crippen LogP contribution in [0.1, 0.15) is 26.7 Å². The Balaban J connectivity index is 2.33. The fourth-order valence-corrected chi connectivity index (χ4v) is 3.13. The average Bonchev–Trinajstić information content (AvgIpc) is 2.82. The Labute approximate surface area is 108 Å². The molecule has 0 saturated carbocycles. The highest BCUT2D eigenvalue weighted by atomic mass is 32.2. The number of amides is 1.